The topological polar surface area (TPSA) is 96.4 Å². The van der Waals surface area contributed by atoms with Gasteiger partial charge in [0, 0.05) is 24.4 Å². The summed E-state index contributed by atoms with van der Waals surface area (Å²) in [6.07, 6.45) is 3.55. The lowest BCUT2D eigenvalue weighted by atomic mass is 9.81. The molecule has 2 saturated carbocycles. The first-order valence-corrected chi connectivity index (χ1v) is 13.1. The number of hydrogen-bond acceptors (Lipinski definition) is 5. The first kappa shape index (κ1) is 25.1. The standard InChI is InChI=1S/C29H34N2O6/c1-18(19-10-14-21(36-2)15-11-19)37-29(35)31-24-8-4-3-6-22(24)28(23-7-5-9-25(23)31)30(20-12-13-20)26(32)16-17-27(33)34/h3-4,6,8,10-11,14-15,18,20,23,25,28H,5,7,9,12-13,16-17H2,1-2H3,(H,33,34). The molecule has 2 amide bonds. The number of carbonyl (C=O) groups excluding carboxylic acids is 2. The van der Waals surface area contributed by atoms with E-state index in [1.165, 1.54) is 0 Å². The van der Waals surface area contributed by atoms with Gasteiger partial charge in [0.15, 0.2) is 0 Å². The number of fused-ring (bicyclic) bond motifs is 2. The van der Waals surface area contributed by atoms with Crippen LogP contribution >= 0.6 is 0 Å². The number of amides is 2. The smallest absolute Gasteiger partial charge is 0.415 e. The molecule has 2 aromatic carbocycles. The number of rotatable bonds is 8. The summed E-state index contributed by atoms with van der Waals surface area (Å²) < 4.78 is 11.2. The lowest BCUT2D eigenvalue weighted by Gasteiger charge is -2.47. The molecule has 0 bridgehead atoms. The predicted octanol–water partition coefficient (Wildman–Crippen LogP) is 5.48. The van der Waals surface area contributed by atoms with Crippen LogP contribution in [0.2, 0.25) is 0 Å². The van der Waals surface area contributed by atoms with Crippen LogP contribution in [0.15, 0.2) is 48.5 Å². The highest BCUT2D eigenvalue weighted by Gasteiger charge is 2.51. The lowest BCUT2D eigenvalue weighted by Crippen LogP contribution is -2.53. The highest BCUT2D eigenvalue weighted by Crippen LogP contribution is 2.52. The van der Waals surface area contributed by atoms with Crippen LogP contribution in [0.4, 0.5) is 10.5 Å². The number of hydrogen-bond donors (Lipinski definition) is 1. The number of carbonyl (C=O) groups is 3. The average molecular weight is 507 g/mol. The zero-order chi connectivity index (χ0) is 26.1. The van der Waals surface area contributed by atoms with Crippen molar-refractivity contribution in [2.45, 2.75) is 76.1 Å². The number of methoxy groups -OCH3 is 1. The minimum Gasteiger partial charge on any atom is -0.497 e. The highest BCUT2D eigenvalue weighted by atomic mass is 16.6. The monoisotopic (exact) mass is 506 g/mol. The summed E-state index contributed by atoms with van der Waals surface area (Å²) >= 11 is 0. The van der Waals surface area contributed by atoms with Crippen LogP contribution in [0.25, 0.3) is 0 Å². The second-order valence-corrected chi connectivity index (χ2v) is 10.3. The number of benzene rings is 2. The number of ether oxygens (including phenoxy) is 2. The molecule has 1 heterocycles. The van der Waals surface area contributed by atoms with Gasteiger partial charge in [-0.1, -0.05) is 36.8 Å². The van der Waals surface area contributed by atoms with Crippen molar-refractivity contribution in [2.24, 2.45) is 5.92 Å². The molecule has 0 radical (unpaired) electrons. The van der Waals surface area contributed by atoms with Crippen molar-refractivity contribution in [1.82, 2.24) is 4.90 Å². The number of anilines is 1. The Balaban J connectivity index is 1.44. The van der Waals surface area contributed by atoms with Gasteiger partial charge in [-0.2, -0.15) is 0 Å². The number of carboxylic acids is 1. The van der Waals surface area contributed by atoms with Gasteiger partial charge in [0.25, 0.3) is 0 Å². The Hall–Kier alpha value is -3.55. The zero-order valence-electron chi connectivity index (χ0n) is 21.3. The Morgan fingerprint density at radius 3 is 2.43 bits per heavy atom. The molecule has 1 N–H and O–H groups in total. The molecule has 8 nitrogen and oxygen atoms in total. The maximum absolute atomic E-state index is 13.7. The van der Waals surface area contributed by atoms with Crippen LogP contribution in [0, 0.1) is 5.92 Å². The van der Waals surface area contributed by atoms with E-state index < -0.39 is 12.1 Å². The van der Waals surface area contributed by atoms with Crippen molar-refractivity contribution in [3.8, 4) is 5.75 Å². The molecule has 4 unspecified atom stereocenters. The molecule has 3 aliphatic rings. The van der Waals surface area contributed by atoms with Crippen molar-refractivity contribution >= 4 is 23.7 Å². The van der Waals surface area contributed by atoms with Crippen LogP contribution in [0.5, 0.6) is 5.75 Å². The molecule has 196 valence electrons. The molecule has 0 saturated heterocycles. The maximum atomic E-state index is 13.7. The zero-order valence-corrected chi connectivity index (χ0v) is 21.3. The third-order valence-corrected chi connectivity index (χ3v) is 7.92. The van der Waals surface area contributed by atoms with Gasteiger partial charge in [-0.15, -0.1) is 0 Å². The van der Waals surface area contributed by atoms with Crippen LogP contribution in [0.3, 0.4) is 0 Å². The molecule has 0 aromatic heterocycles. The normalized spacial score (nSPS) is 23.0. The summed E-state index contributed by atoms with van der Waals surface area (Å²) in [5, 5.41) is 9.16. The molecular formula is C29H34N2O6. The lowest BCUT2D eigenvalue weighted by molar-refractivity contribution is -0.142. The Labute approximate surface area is 217 Å². The van der Waals surface area contributed by atoms with E-state index >= 15 is 0 Å². The van der Waals surface area contributed by atoms with Crippen LogP contribution in [0.1, 0.15) is 75.1 Å². The van der Waals surface area contributed by atoms with E-state index in [0.29, 0.717) is 0 Å². The molecule has 37 heavy (non-hydrogen) atoms. The summed E-state index contributed by atoms with van der Waals surface area (Å²) in [5.74, 6) is -0.260. The van der Waals surface area contributed by atoms with Crippen LogP contribution in [-0.4, -0.2) is 47.2 Å². The van der Waals surface area contributed by atoms with Gasteiger partial charge in [-0.3, -0.25) is 14.5 Å². The summed E-state index contributed by atoms with van der Waals surface area (Å²) in [7, 11) is 1.61. The van der Waals surface area contributed by atoms with Gasteiger partial charge in [-0.25, -0.2) is 4.79 Å². The highest BCUT2D eigenvalue weighted by molar-refractivity contribution is 5.91. The second-order valence-electron chi connectivity index (χ2n) is 10.3. The van der Waals surface area contributed by atoms with Crippen molar-refractivity contribution in [2.75, 3.05) is 12.0 Å². The van der Waals surface area contributed by atoms with E-state index in [-0.39, 0.29) is 48.9 Å². The molecule has 2 aromatic rings. The van der Waals surface area contributed by atoms with Gasteiger partial charge >= 0.3 is 12.1 Å². The van der Waals surface area contributed by atoms with Gasteiger partial charge in [0.05, 0.1) is 25.3 Å². The summed E-state index contributed by atoms with van der Waals surface area (Å²) in [6.45, 7) is 1.86. The van der Waals surface area contributed by atoms with E-state index in [0.717, 1.165) is 54.7 Å². The minimum absolute atomic E-state index is 0.00693. The van der Waals surface area contributed by atoms with E-state index in [9.17, 15) is 14.4 Å². The molecule has 1 aliphatic heterocycles. The van der Waals surface area contributed by atoms with Gasteiger partial charge in [0.2, 0.25) is 5.91 Å². The third kappa shape index (κ3) is 5.02. The fourth-order valence-corrected chi connectivity index (χ4v) is 6.05. The second kappa shape index (κ2) is 10.4. The number of para-hydroxylation sites is 1. The fraction of sp³-hybridized carbons (Fsp3) is 0.483. The van der Waals surface area contributed by atoms with Gasteiger partial charge < -0.3 is 19.5 Å². The Bertz CT molecular complexity index is 1160. The molecule has 8 heteroatoms. The summed E-state index contributed by atoms with van der Waals surface area (Å²) in [4.78, 5) is 41.9. The van der Waals surface area contributed by atoms with E-state index in [2.05, 4.69) is 0 Å². The van der Waals surface area contributed by atoms with Crippen molar-refractivity contribution < 1.29 is 29.0 Å². The number of nitrogens with zero attached hydrogens (tertiary/aromatic N) is 2. The predicted molar refractivity (Wildman–Crippen MR) is 137 cm³/mol. The first-order valence-electron chi connectivity index (χ1n) is 13.1. The van der Waals surface area contributed by atoms with E-state index in [1.54, 1.807) is 12.0 Å². The third-order valence-electron chi connectivity index (χ3n) is 7.92. The van der Waals surface area contributed by atoms with Gasteiger partial charge in [0.1, 0.15) is 11.9 Å². The molecular weight excluding hydrogens is 472 g/mol. The molecule has 5 rings (SSSR count). The van der Waals surface area contributed by atoms with Crippen molar-refractivity contribution in [1.29, 1.82) is 0 Å². The Morgan fingerprint density at radius 2 is 1.76 bits per heavy atom. The SMILES string of the molecule is COc1ccc(C(C)OC(=O)N2c3ccccc3C(N(C(=O)CCC(=O)O)C3CC3)C3CCCC32)cc1. The molecule has 2 fully saturated rings. The Morgan fingerprint density at radius 1 is 1.03 bits per heavy atom. The van der Waals surface area contributed by atoms with Crippen molar-refractivity contribution in [3.63, 3.8) is 0 Å². The number of carboxylic acid groups (broad SMARTS) is 1. The largest absolute Gasteiger partial charge is 0.497 e. The van der Waals surface area contributed by atoms with Gasteiger partial charge in [-0.05, 0) is 61.9 Å². The quantitative estimate of drug-likeness (QED) is 0.509. The minimum atomic E-state index is -0.966. The molecule has 0 spiro atoms. The first-order chi connectivity index (χ1) is 17.9. The van der Waals surface area contributed by atoms with Crippen LogP contribution < -0.4 is 9.64 Å². The molecule has 2 aliphatic carbocycles. The summed E-state index contributed by atoms with van der Waals surface area (Å²) in [5.41, 5.74) is 2.60. The van der Waals surface area contributed by atoms with E-state index in [4.69, 9.17) is 14.6 Å². The fourth-order valence-electron chi connectivity index (χ4n) is 6.05. The molecule has 4 atom stereocenters. The maximum Gasteiger partial charge on any atom is 0.415 e. The Kier molecular flexibility index (Phi) is 7.09. The average Bonchev–Trinajstić information content (AvgIpc) is 3.62. The van der Waals surface area contributed by atoms with E-state index in [1.807, 2.05) is 60.4 Å². The summed E-state index contributed by atoms with van der Waals surface area (Å²) in [6, 6.07) is 15.2. The number of aliphatic carboxylic acids is 1. The van der Waals surface area contributed by atoms with Crippen LogP contribution in [-0.2, 0) is 14.3 Å². The van der Waals surface area contributed by atoms with Crippen molar-refractivity contribution in [3.05, 3.63) is 59.7 Å².